The molecule has 0 bridgehead atoms. The van der Waals surface area contributed by atoms with Crippen LogP contribution in [0, 0.1) is 0 Å². The number of carbonyl (C=O) groups is 1. The summed E-state index contributed by atoms with van der Waals surface area (Å²) in [5.74, 6) is 0.105. The predicted molar refractivity (Wildman–Crippen MR) is 37.6 cm³/mol. The van der Waals surface area contributed by atoms with Crippen molar-refractivity contribution in [2.75, 3.05) is 27.3 Å². The molecule has 0 atom stereocenters. The minimum Gasteiger partial charge on any atom is -0.383 e. The molecule has 1 heterocycles. The van der Waals surface area contributed by atoms with Crippen molar-refractivity contribution in [3.63, 3.8) is 0 Å². The van der Waals surface area contributed by atoms with Crippen LogP contribution in [-0.2, 0) is 9.53 Å². The van der Waals surface area contributed by atoms with Crippen LogP contribution in [0.3, 0.4) is 0 Å². The van der Waals surface area contributed by atoms with E-state index in [1.807, 2.05) is 19.0 Å². The monoisotopic (exact) mass is 141 g/mol. The molecule has 0 unspecified atom stereocenters. The topological polar surface area (TPSA) is 29.5 Å². The maximum atomic E-state index is 10.9. The number of carbonyl (C=O) groups excluding carboxylic acids is 1. The lowest BCUT2D eigenvalue weighted by atomic mass is 10.2. The first-order valence-corrected chi connectivity index (χ1v) is 3.18. The van der Waals surface area contributed by atoms with E-state index in [-0.39, 0.29) is 12.4 Å². The summed E-state index contributed by atoms with van der Waals surface area (Å²) in [5.41, 5.74) is 0.769. The van der Waals surface area contributed by atoms with Crippen molar-refractivity contribution in [3.8, 4) is 0 Å². The number of hydrogen-bond donors (Lipinski definition) is 0. The predicted octanol–water partition coefficient (Wildman–Crippen LogP) is 0.0312. The van der Waals surface area contributed by atoms with Crippen molar-refractivity contribution in [1.29, 1.82) is 0 Å². The van der Waals surface area contributed by atoms with Gasteiger partial charge in [-0.1, -0.05) is 0 Å². The largest absolute Gasteiger partial charge is 0.383 e. The van der Waals surface area contributed by atoms with Crippen LogP contribution in [0.2, 0.25) is 0 Å². The molecule has 0 aliphatic carbocycles. The molecule has 1 rings (SSSR count). The van der Waals surface area contributed by atoms with Gasteiger partial charge in [-0.15, -0.1) is 0 Å². The Kier molecular flexibility index (Phi) is 2.06. The molecule has 56 valence electrons. The van der Waals surface area contributed by atoms with Gasteiger partial charge in [0.25, 0.3) is 0 Å². The van der Waals surface area contributed by atoms with Gasteiger partial charge in [-0.05, 0) is 0 Å². The zero-order valence-corrected chi connectivity index (χ0v) is 6.26. The van der Waals surface area contributed by atoms with Gasteiger partial charge in [0.2, 0.25) is 0 Å². The van der Waals surface area contributed by atoms with Gasteiger partial charge in [-0.2, -0.15) is 0 Å². The summed E-state index contributed by atoms with van der Waals surface area (Å²) in [6, 6.07) is 0. The minimum atomic E-state index is 0.105. The molecule has 0 aromatic rings. The smallest absolute Gasteiger partial charge is 0.188 e. The number of hydrogen-bond acceptors (Lipinski definition) is 3. The average molecular weight is 141 g/mol. The second-order valence-corrected chi connectivity index (χ2v) is 2.53. The van der Waals surface area contributed by atoms with E-state index in [1.54, 1.807) is 6.20 Å². The molecule has 1 saturated heterocycles. The van der Waals surface area contributed by atoms with Crippen LogP contribution < -0.4 is 0 Å². The van der Waals surface area contributed by atoms with Crippen molar-refractivity contribution >= 4 is 5.78 Å². The zero-order valence-electron chi connectivity index (χ0n) is 6.26. The molecule has 1 aliphatic heterocycles. The molecule has 0 saturated carbocycles. The molecule has 0 amide bonds. The van der Waals surface area contributed by atoms with E-state index < -0.39 is 0 Å². The van der Waals surface area contributed by atoms with Crippen LogP contribution >= 0.6 is 0 Å². The van der Waals surface area contributed by atoms with Crippen molar-refractivity contribution in [2.24, 2.45) is 0 Å². The van der Waals surface area contributed by atoms with E-state index in [4.69, 9.17) is 4.74 Å². The Balaban J connectivity index is 2.62. The Bertz CT molecular complexity index is 172. The Morgan fingerprint density at radius 1 is 1.50 bits per heavy atom. The molecule has 3 nitrogen and oxygen atoms in total. The molecular formula is C7H11NO2. The lowest BCUT2D eigenvalue weighted by molar-refractivity contribution is -0.115. The molecule has 0 spiro atoms. The second-order valence-electron chi connectivity index (χ2n) is 2.53. The summed E-state index contributed by atoms with van der Waals surface area (Å²) >= 11 is 0. The van der Waals surface area contributed by atoms with Crippen LogP contribution in [0.1, 0.15) is 0 Å². The number of nitrogens with zero attached hydrogens (tertiary/aromatic N) is 1. The third-order valence-corrected chi connectivity index (χ3v) is 1.26. The van der Waals surface area contributed by atoms with Gasteiger partial charge in [0.05, 0.1) is 6.61 Å². The standard InChI is InChI=1S/C7H11NO2/c1-8(2)3-6-4-10-5-7(6)9/h3H,4-5H2,1-2H3. The highest BCUT2D eigenvalue weighted by Gasteiger charge is 2.17. The molecule has 0 radical (unpaired) electrons. The van der Waals surface area contributed by atoms with E-state index in [2.05, 4.69) is 0 Å². The first-order chi connectivity index (χ1) is 4.70. The van der Waals surface area contributed by atoms with E-state index in [0.29, 0.717) is 6.61 Å². The van der Waals surface area contributed by atoms with Gasteiger partial charge in [0.15, 0.2) is 5.78 Å². The number of rotatable bonds is 1. The van der Waals surface area contributed by atoms with E-state index in [1.165, 1.54) is 0 Å². The quantitative estimate of drug-likeness (QED) is 0.482. The van der Waals surface area contributed by atoms with E-state index >= 15 is 0 Å². The normalized spacial score (nSPS) is 22.2. The molecule has 0 aromatic carbocycles. The third kappa shape index (κ3) is 1.57. The molecule has 1 fully saturated rings. The average Bonchev–Trinajstić information content (AvgIpc) is 2.15. The van der Waals surface area contributed by atoms with Crippen molar-refractivity contribution < 1.29 is 9.53 Å². The molecule has 3 heteroatoms. The number of ketones is 1. The molecule has 0 aromatic heterocycles. The first kappa shape index (κ1) is 7.28. The van der Waals surface area contributed by atoms with Crippen LogP contribution in [0.5, 0.6) is 0 Å². The Labute approximate surface area is 60.3 Å². The molecular weight excluding hydrogens is 130 g/mol. The van der Waals surface area contributed by atoms with Crippen molar-refractivity contribution in [2.45, 2.75) is 0 Å². The molecule has 10 heavy (non-hydrogen) atoms. The summed E-state index contributed by atoms with van der Waals surface area (Å²) in [4.78, 5) is 12.7. The Morgan fingerprint density at radius 2 is 2.20 bits per heavy atom. The SMILES string of the molecule is CN(C)C=C1COCC1=O. The summed E-state index contributed by atoms with van der Waals surface area (Å²) < 4.78 is 4.93. The maximum absolute atomic E-state index is 10.9. The lowest BCUT2D eigenvalue weighted by Crippen LogP contribution is -2.07. The van der Waals surface area contributed by atoms with Gasteiger partial charge in [-0.25, -0.2) is 0 Å². The van der Waals surface area contributed by atoms with Gasteiger partial charge < -0.3 is 9.64 Å². The molecule has 1 aliphatic rings. The highest BCUT2D eigenvalue weighted by atomic mass is 16.5. The summed E-state index contributed by atoms with van der Waals surface area (Å²) in [6.07, 6.45) is 1.80. The van der Waals surface area contributed by atoms with E-state index in [9.17, 15) is 4.79 Å². The highest BCUT2D eigenvalue weighted by Crippen LogP contribution is 2.06. The zero-order chi connectivity index (χ0) is 7.56. The van der Waals surface area contributed by atoms with Crippen LogP contribution in [0.4, 0.5) is 0 Å². The summed E-state index contributed by atoms with van der Waals surface area (Å²) in [7, 11) is 3.78. The van der Waals surface area contributed by atoms with E-state index in [0.717, 1.165) is 5.57 Å². The van der Waals surface area contributed by atoms with Gasteiger partial charge in [-0.3, -0.25) is 4.79 Å². The number of Topliss-reactive ketones (excluding diaryl/α,β-unsaturated/α-hetero) is 1. The summed E-state index contributed by atoms with van der Waals surface area (Å²) in [6.45, 7) is 0.719. The van der Waals surface area contributed by atoms with Gasteiger partial charge >= 0.3 is 0 Å². The minimum absolute atomic E-state index is 0.105. The fourth-order valence-electron chi connectivity index (χ4n) is 0.848. The first-order valence-electron chi connectivity index (χ1n) is 3.18. The van der Waals surface area contributed by atoms with Crippen molar-refractivity contribution in [3.05, 3.63) is 11.8 Å². The van der Waals surface area contributed by atoms with Crippen LogP contribution in [0.15, 0.2) is 11.8 Å². The Hall–Kier alpha value is -0.830. The van der Waals surface area contributed by atoms with Crippen LogP contribution in [0.25, 0.3) is 0 Å². The number of ether oxygens (including phenoxy) is 1. The third-order valence-electron chi connectivity index (χ3n) is 1.26. The van der Waals surface area contributed by atoms with Gasteiger partial charge in [0.1, 0.15) is 6.61 Å². The fourth-order valence-corrected chi connectivity index (χ4v) is 0.848. The second kappa shape index (κ2) is 2.84. The van der Waals surface area contributed by atoms with Gasteiger partial charge in [0, 0.05) is 25.9 Å². The maximum Gasteiger partial charge on any atom is 0.188 e. The Morgan fingerprint density at radius 3 is 2.60 bits per heavy atom. The summed E-state index contributed by atoms with van der Waals surface area (Å²) in [5, 5.41) is 0. The highest BCUT2D eigenvalue weighted by molar-refractivity contribution is 5.98. The van der Waals surface area contributed by atoms with Crippen LogP contribution in [-0.4, -0.2) is 38.0 Å². The molecule has 0 N–H and O–H groups in total. The lowest BCUT2D eigenvalue weighted by Gasteiger charge is -2.04. The van der Waals surface area contributed by atoms with Crippen molar-refractivity contribution in [1.82, 2.24) is 4.90 Å². The fraction of sp³-hybridized carbons (Fsp3) is 0.571.